The molecular formula is C21H17F5N2O2S. The summed E-state index contributed by atoms with van der Waals surface area (Å²) in [7, 11) is 0. The van der Waals surface area contributed by atoms with Gasteiger partial charge in [-0.05, 0) is 25.5 Å². The maximum absolute atomic E-state index is 14.2. The fraction of sp³-hybridized carbons (Fsp3) is 0.238. The van der Waals surface area contributed by atoms with Crippen molar-refractivity contribution >= 4 is 17.7 Å². The smallest absolute Gasteiger partial charge is 0.312 e. The van der Waals surface area contributed by atoms with Gasteiger partial charge >= 0.3 is 5.97 Å². The lowest BCUT2D eigenvalue weighted by molar-refractivity contribution is -0.135. The van der Waals surface area contributed by atoms with Crippen molar-refractivity contribution < 1.29 is 31.5 Å². The van der Waals surface area contributed by atoms with Crippen LogP contribution in [0.3, 0.4) is 0 Å². The van der Waals surface area contributed by atoms with E-state index in [1.54, 1.807) is 30.3 Å². The van der Waals surface area contributed by atoms with Crippen LogP contribution in [-0.4, -0.2) is 15.7 Å². The van der Waals surface area contributed by atoms with Crippen molar-refractivity contribution in [1.82, 2.24) is 9.78 Å². The number of carbonyl (C=O) groups excluding carboxylic acids is 1. The van der Waals surface area contributed by atoms with Crippen molar-refractivity contribution in [2.24, 2.45) is 0 Å². The molecule has 31 heavy (non-hydrogen) atoms. The summed E-state index contributed by atoms with van der Waals surface area (Å²) in [5.41, 5.74) is 0.657. The quantitative estimate of drug-likeness (QED) is 0.186. The average molecular weight is 456 g/mol. The monoisotopic (exact) mass is 456 g/mol. The van der Waals surface area contributed by atoms with Gasteiger partial charge in [0.05, 0.1) is 21.2 Å². The number of nitrogens with zero attached hydrogens (tertiary/aromatic N) is 2. The number of aromatic nitrogens is 2. The van der Waals surface area contributed by atoms with Crippen molar-refractivity contribution in [3.05, 3.63) is 65.1 Å². The van der Waals surface area contributed by atoms with Gasteiger partial charge in [0.1, 0.15) is 0 Å². The highest BCUT2D eigenvalue weighted by atomic mass is 32.2. The number of hydrogen-bond acceptors (Lipinski definition) is 4. The molecule has 10 heteroatoms. The van der Waals surface area contributed by atoms with Gasteiger partial charge in [-0.2, -0.15) is 9.78 Å². The molecule has 0 atom stereocenters. The van der Waals surface area contributed by atoms with E-state index in [9.17, 15) is 26.7 Å². The Bertz CT molecular complexity index is 1090. The van der Waals surface area contributed by atoms with Gasteiger partial charge in [0.15, 0.2) is 23.3 Å². The maximum atomic E-state index is 14.2. The van der Waals surface area contributed by atoms with Crippen LogP contribution >= 0.6 is 11.8 Å². The van der Waals surface area contributed by atoms with E-state index in [4.69, 9.17) is 4.74 Å². The zero-order valence-corrected chi connectivity index (χ0v) is 17.3. The molecule has 0 saturated carbocycles. The van der Waals surface area contributed by atoms with Crippen molar-refractivity contribution in [1.29, 1.82) is 0 Å². The molecule has 0 N–H and O–H groups in total. The van der Waals surface area contributed by atoms with Crippen LogP contribution in [0, 0.1) is 36.0 Å². The molecule has 0 spiro atoms. The SMILES string of the molecule is CCCCC(=O)Oc1c(Sc2c(F)c(F)c(F)c(F)c2F)c(C)nn1-c1ccccc1. The van der Waals surface area contributed by atoms with E-state index in [-0.39, 0.29) is 34.7 Å². The number of aryl methyl sites for hydroxylation is 1. The number of unbranched alkanes of at least 4 members (excludes halogenated alkanes) is 1. The van der Waals surface area contributed by atoms with E-state index < -0.39 is 40.0 Å². The van der Waals surface area contributed by atoms with Crippen molar-refractivity contribution in [2.75, 3.05) is 0 Å². The molecule has 0 saturated heterocycles. The fourth-order valence-corrected chi connectivity index (χ4v) is 3.67. The molecule has 0 fully saturated rings. The molecule has 0 unspecified atom stereocenters. The number of halogens is 5. The lowest BCUT2D eigenvalue weighted by Crippen LogP contribution is -2.11. The Labute approximate surface area is 179 Å². The second-order valence-electron chi connectivity index (χ2n) is 6.55. The first kappa shape index (κ1) is 22.8. The Morgan fingerprint density at radius 2 is 1.55 bits per heavy atom. The summed E-state index contributed by atoms with van der Waals surface area (Å²) in [4.78, 5) is 11.1. The van der Waals surface area contributed by atoms with Crippen LogP contribution in [0.4, 0.5) is 22.0 Å². The number of esters is 1. The largest absolute Gasteiger partial charge is 0.406 e. The molecule has 164 valence electrons. The molecule has 0 aliphatic carbocycles. The van der Waals surface area contributed by atoms with Crippen LogP contribution in [0.15, 0.2) is 40.1 Å². The normalized spacial score (nSPS) is 11.1. The lowest BCUT2D eigenvalue weighted by atomic mass is 10.2. The first-order chi connectivity index (χ1) is 14.8. The van der Waals surface area contributed by atoms with Gasteiger partial charge in [-0.25, -0.2) is 22.0 Å². The molecule has 4 nitrogen and oxygen atoms in total. The Balaban J connectivity index is 2.13. The Kier molecular flexibility index (Phi) is 6.99. The van der Waals surface area contributed by atoms with Crippen LogP contribution in [-0.2, 0) is 4.79 Å². The summed E-state index contributed by atoms with van der Waals surface area (Å²) < 4.78 is 75.8. The first-order valence-electron chi connectivity index (χ1n) is 9.31. The third-order valence-corrected chi connectivity index (χ3v) is 5.52. The first-order valence-corrected chi connectivity index (χ1v) is 10.1. The van der Waals surface area contributed by atoms with Gasteiger partial charge < -0.3 is 4.74 Å². The van der Waals surface area contributed by atoms with Gasteiger partial charge in [0, 0.05) is 6.42 Å². The predicted octanol–water partition coefficient (Wildman–Crippen LogP) is 6.12. The molecule has 3 rings (SSSR count). The third kappa shape index (κ3) is 4.58. The van der Waals surface area contributed by atoms with Crippen LogP contribution < -0.4 is 4.74 Å². The summed E-state index contributed by atoms with van der Waals surface area (Å²) in [6.07, 6.45) is 1.37. The van der Waals surface area contributed by atoms with Crippen molar-refractivity contribution in [2.45, 2.75) is 42.9 Å². The molecule has 2 aromatic carbocycles. The minimum Gasteiger partial charge on any atom is -0.406 e. The predicted molar refractivity (Wildman–Crippen MR) is 104 cm³/mol. The Morgan fingerprint density at radius 1 is 0.968 bits per heavy atom. The molecular weight excluding hydrogens is 439 g/mol. The van der Waals surface area contributed by atoms with Gasteiger partial charge in [-0.1, -0.05) is 43.3 Å². The minimum absolute atomic E-state index is 0.0445. The minimum atomic E-state index is -2.25. The average Bonchev–Trinajstić information content (AvgIpc) is 3.07. The fourth-order valence-electron chi connectivity index (χ4n) is 2.70. The standard InChI is InChI=1S/C21H17F5N2O2S/c1-3-4-10-13(29)30-21-19(11(2)27-28(21)12-8-6-5-7-9-12)31-20-17(25)15(23)14(22)16(24)18(20)26/h5-9H,3-4,10H2,1-2H3. The number of carbonyl (C=O) groups is 1. The summed E-state index contributed by atoms with van der Waals surface area (Å²) in [6.45, 7) is 3.35. The molecule has 0 amide bonds. The molecule has 0 radical (unpaired) electrons. The lowest BCUT2D eigenvalue weighted by Gasteiger charge is -2.11. The van der Waals surface area contributed by atoms with Gasteiger partial charge in [0.25, 0.3) is 0 Å². The molecule has 1 heterocycles. The topological polar surface area (TPSA) is 44.1 Å². The Hall–Kier alpha value is -2.88. The van der Waals surface area contributed by atoms with Crippen LogP contribution in [0.25, 0.3) is 5.69 Å². The van der Waals surface area contributed by atoms with E-state index in [0.717, 1.165) is 6.42 Å². The Morgan fingerprint density at radius 3 is 2.13 bits per heavy atom. The molecule has 3 aromatic rings. The zero-order chi connectivity index (χ0) is 22.7. The number of rotatable bonds is 7. The van der Waals surface area contributed by atoms with E-state index in [1.165, 1.54) is 11.6 Å². The van der Waals surface area contributed by atoms with Gasteiger partial charge in [0.2, 0.25) is 11.7 Å². The maximum Gasteiger partial charge on any atom is 0.312 e. The van der Waals surface area contributed by atoms with E-state index in [1.807, 2.05) is 6.92 Å². The highest BCUT2D eigenvalue weighted by molar-refractivity contribution is 7.99. The number of hydrogen-bond donors (Lipinski definition) is 0. The van der Waals surface area contributed by atoms with Crippen LogP contribution in [0.2, 0.25) is 0 Å². The highest BCUT2D eigenvalue weighted by Gasteiger charge is 2.30. The van der Waals surface area contributed by atoms with Crippen molar-refractivity contribution in [3.8, 4) is 11.6 Å². The zero-order valence-electron chi connectivity index (χ0n) is 16.5. The number of benzene rings is 2. The number of para-hydroxylation sites is 1. The molecule has 0 bridgehead atoms. The van der Waals surface area contributed by atoms with Gasteiger partial charge in [-0.3, -0.25) is 4.79 Å². The third-order valence-electron chi connectivity index (χ3n) is 4.28. The molecule has 0 aliphatic rings. The van der Waals surface area contributed by atoms with E-state index >= 15 is 0 Å². The summed E-state index contributed by atoms with van der Waals surface area (Å²) in [5, 5.41) is 4.24. The summed E-state index contributed by atoms with van der Waals surface area (Å²) in [6, 6.07) is 8.46. The second kappa shape index (κ2) is 9.51. The van der Waals surface area contributed by atoms with Crippen molar-refractivity contribution in [3.63, 3.8) is 0 Å². The summed E-state index contributed by atoms with van der Waals surface area (Å²) in [5.74, 6) is -11.1. The second-order valence-corrected chi connectivity index (χ2v) is 7.57. The molecule has 1 aromatic heterocycles. The van der Waals surface area contributed by atoms with Gasteiger partial charge in [-0.15, -0.1) is 0 Å². The number of ether oxygens (including phenoxy) is 1. The van der Waals surface area contributed by atoms with E-state index in [0.29, 0.717) is 12.1 Å². The van der Waals surface area contributed by atoms with Crippen LogP contribution in [0.1, 0.15) is 31.9 Å². The molecule has 0 aliphatic heterocycles. The highest BCUT2D eigenvalue weighted by Crippen LogP contribution is 2.42. The summed E-state index contributed by atoms with van der Waals surface area (Å²) >= 11 is 0.255. The van der Waals surface area contributed by atoms with Crippen LogP contribution in [0.5, 0.6) is 5.88 Å². The van der Waals surface area contributed by atoms with E-state index in [2.05, 4.69) is 5.10 Å².